The molecule has 0 fully saturated rings. The Kier molecular flexibility index (Phi) is 6.53. The van der Waals surface area contributed by atoms with Crippen molar-refractivity contribution in [2.75, 3.05) is 5.32 Å². The lowest BCUT2D eigenvalue weighted by molar-refractivity contribution is 0.102. The maximum Gasteiger partial charge on any atom is 0.255 e. The summed E-state index contributed by atoms with van der Waals surface area (Å²) in [6, 6.07) is 26.1. The standard InChI is InChI=1S/C21H18INOS/c22-19-10-12-20(13-11-19)23-21(24)18-8-6-17(7-9-18)15-25-14-16-4-2-1-3-5-16/h1-13H,14-15H2,(H,23,24). The van der Waals surface area contributed by atoms with Gasteiger partial charge in [0.2, 0.25) is 0 Å². The monoisotopic (exact) mass is 459 g/mol. The number of thioether (sulfide) groups is 1. The average molecular weight is 459 g/mol. The molecule has 0 saturated carbocycles. The second kappa shape index (κ2) is 9.06. The van der Waals surface area contributed by atoms with Gasteiger partial charge < -0.3 is 5.32 Å². The van der Waals surface area contributed by atoms with Crippen molar-refractivity contribution in [2.45, 2.75) is 11.5 Å². The minimum atomic E-state index is -0.0790. The fourth-order valence-electron chi connectivity index (χ4n) is 2.35. The first-order chi connectivity index (χ1) is 12.2. The first-order valence-corrected chi connectivity index (χ1v) is 10.2. The maximum absolute atomic E-state index is 12.3. The second-order valence-corrected chi connectivity index (χ2v) is 7.87. The summed E-state index contributed by atoms with van der Waals surface area (Å²) in [4.78, 5) is 12.3. The van der Waals surface area contributed by atoms with Crippen LogP contribution in [0.15, 0.2) is 78.9 Å². The highest BCUT2D eigenvalue weighted by molar-refractivity contribution is 14.1. The summed E-state index contributed by atoms with van der Waals surface area (Å²) in [7, 11) is 0. The van der Waals surface area contributed by atoms with Gasteiger partial charge in [-0.2, -0.15) is 11.8 Å². The van der Waals surface area contributed by atoms with Crippen molar-refractivity contribution in [3.63, 3.8) is 0 Å². The van der Waals surface area contributed by atoms with Crippen LogP contribution in [0.1, 0.15) is 21.5 Å². The van der Waals surface area contributed by atoms with Crippen molar-refractivity contribution in [3.05, 3.63) is 99.1 Å². The van der Waals surface area contributed by atoms with Crippen LogP contribution in [0.3, 0.4) is 0 Å². The predicted molar refractivity (Wildman–Crippen MR) is 115 cm³/mol. The van der Waals surface area contributed by atoms with Crippen LogP contribution in [0.25, 0.3) is 0 Å². The van der Waals surface area contributed by atoms with E-state index in [9.17, 15) is 4.79 Å². The van der Waals surface area contributed by atoms with Gasteiger partial charge in [-0.25, -0.2) is 0 Å². The smallest absolute Gasteiger partial charge is 0.255 e. The lowest BCUT2D eigenvalue weighted by atomic mass is 10.1. The number of rotatable bonds is 6. The van der Waals surface area contributed by atoms with Crippen LogP contribution in [0.2, 0.25) is 0 Å². The minimum absolute atomic E-state index is 0.0790. The van der Waals surface area contributed by atoms with E-state index in [0.717, 1.165) is 20.8 Å². The van der Waals surface area contributed by atoms with E-state index in [1.807, 2.05) is 66.4 Å². The lowest BCUT2D eigenvalue weighted by Gasteiger charge is -2.07. The summed E-state index contributed by atoms with van der Waals surface area (Å²) >= 11 is 4.12. The number of halogens is 1. The molecule has 0 heterocycles. The van der Waals surface area contributed by atoms with E-state index in [0.29, 0.717) is 5.56 Å². The van der Waals surface area contributed by atoms with Gasteiger partial charge in [-0.3, -0.25) is 4.79 Å². The number of anilines is 1. The lowest BCUT2D eigenvalue weighted by Crippen LogP contribution is -2.11. The topological polar surface area (TPSA) is 29.1 Å². The zero-order valence-corrected chi connectivity index (χ0v) is 16.6. The van der Waals surface area contributed by atoms with Gasteiger partial charge >= 0.3 is 0 Å². The van der Waals surface area contributed by atoms with Gasteiger partial charge in [-0.1, -0.05) is 42.5 Å². The molecule has 3 aromatic rings. The van der Waals surface area contributed by atoms with E-state index in [2.05, 4.69) is 52.2 Å². The van der Waals surface area contributed by atoms with E-state index in [1.54, 1.807) is 0 Å². The number of benzene rings is 3. The number of carbonyl (C=O) groups excluding carboxylic acids is 1. The molecule has 1 amide bonds. The molecule has 25 heavy (non-hydrogen) atoms. The van der Waals surface area contributed by atoms with E-state index >= 15 is 0 Å². The molecule has 0 spiro atoms. The molecule has 0 aliphatic rings. The number of nitrogens with one attached hydrogen (secondary N) is 1. The first kappa shape index (κ1) is 18.0. The van der Waals surface area contributed by atoms with Crippen LogP contribution in [0, 0.1) is 3.57 Å². The van der Waals surface area contributed by atoms with Crippen molar-refractivity contribution in [1.82, 2.24) is 0 Å². The van der Waals surface area contributed by atoms with Crippen LogP contribution in [0.4, 0.5) is 5.69 Å². The van der Waals surface area contributed by atoms with Gasteiger partial charge in [0, 0.05) is 26.3 Å². The van der Waals surface area contributed by atoms with Crippen molar-refractivity contribution in [2.24, 2.45) is 0 Å². The molecular weight excluding hydrogens is 441 g/mol. The van der Waals surface area contributed by atoms with E-state index in [4.69, 9.17) is 0 Å². The third kappa shape index (κ3) is 5.61. The molecule has 2 nitrogen and oxygen atoms in total. The Balaban J connectivity index is 1.52. The van der Waals surface area contributed by atoms with Crippen LogP contribution < -0.4 is 5.32 Å². The van der Waals surface area contributed by atoms with Gasteiger partial charge in [-0.15, -0.1) is 0 Å². The number of hydrogen-bond acceptors (Lipinski definition) is 2. The molecule has 0 unspecified atom stereocenters. The molecule has 1 N–H and O–H groups in total. The molecule has 0 aliphatic heterocycles. The number of amides is 1. The average Bonchev–Trinajstić information content (AvgIpc) is 2.65. The van der Waals surface area contributed by atoms with Gasteiger partial charge in [0.15, 0.2) is 0 Å². The summed E-state index contributed by atoms with van der Waals surface area (Å²) < 4.78 is 1.15. The van der Waals surface area contributed by atoms with Gasteiger partial charge in [0.05, 0.1) is 0 Å². The fourth-order valence-corrected chi connectivity index (χ4v) is 3.67. The predicted octanol–water partition coefficient (Wildman–Crippen LogP) is 5.98. The molecular formula is C21H18INOS. The minimum Gasteiger partial charge on any atom is -0.322 e. The Morgan fingerprint density at radius 1 is 0.800 bits per heavy atom. The molecule has 0 saturated heterocycles. The zero-order valence-electron chi connectivity index (χ0n) is 13.6. The molecule has 0 aromatic heterocycles. The normalized spacial score (nSPS) is 10.4. The third-order valence-corrected chi connectivity index (χ3v) is 5.49. The Morgan fingerprint density at radius 3 is 2.04 bits per heavy atom. The summed E-state index contributed by atoms with van der Waals surface area (Å²) in [5.74, 6) is 1.86. The molecule has 3 rings (SSSR count). The van der Waals surface area contributed by atoms with Gasteiger partial charge in [-0.05, 0) is 70.1 Å². The van der Waals surface area contributed by atoms with E-state index < -0.39 is 0 Å². The van der Waals surface area contributed by atoms with Crippen LogP contribution in [-0.2, 0) is 11.5 Å². The largest absolute Gasteiger partial charge is 0.322 e. The zero-order chi connectivity index (χ0) is 17.5. The highest BCUT2D eigenvalue weighted by Crippen LogP contribution is 2.19. The molecule has 0 aliphatic carbocycles. The molecule has 4 heteroatoms. The first-order valence-electron chi connectivity index (χ1n) is 7.98. The molecule has 126 valence electrons. The quantitative estimate of drug-likeness (QED) is 0.460. The van der Waals surface area contributed by atoms with Crippen molar-refractivity contribution in [3.8, 4) is 0 Å². The third-order valence-electron chi connectivity index (χ3n) is 3.70. The molecule has 0 radical (unpaired) electrons. The highest BCUT2D eigenvalue weighted by Gasteiger charge is 2.06. The van der Waals surface area contributed by atoms with E-state index in [1.165, 1.54) is 11.1 Å². The van der Waals surface area contributed by atoms with Gasteiger partial charge in [0.25, 0.3) is 5.91 Å². The second-order valence-electron chi connectivity index (χ2n) is 5.64. The molecule has 3 aromatic carbocycles. The van der Waals surface area contributed by atoms with Crippen molar-refractivity contribution in [1.29, 1.82) is 0 Å². The van der Waals surface area contributed by atoms with E-state index in [-0.39, 0.29) is 5.91 Å². The summed E-state index contributed by atoms with van der Waals surface area (Å²) in [5.41, 5.74) is 4.05. The SMILES string of the molecule is O=C(Nc1ccc(I)cc1)c1ccc(CSCc2ccccc2)cc1. The summed E-state index contributed by atoms with van der Waals surface area (Å²) in [6.07, 6.45) is 0. The van der Waals surface area contributed by atoms with Crippen molar-refractivity contribution >= 4 is 45.9 Å². The number of carbonyl (C=O) groups is 1. The van der Waals surface area contributed by atoms with Gasteiger partial charge in [0.1, 0.15) is 0 Å². The van der Waals surface area contributed by atoms with Crippen LogP contribution >= 0.6 is 34.4 Å². The Labute approximate surface area is 166 Å². The summed E-state index contributed by atoms with van der Waals surface area (Å²) in [6.45, 7) is 0. The van der Waals surface area contributed by atoms with Crippen molar-refractivity contribution < 1.29 is 4.79 Å². The Hall–Kier alpha value is -1.79. The Morgan fingerprint density at radius 2 is 1.40 bits per heavy atom. The highest BCUT2D eigenvalue weighted by atomic mass is 127. The maximum atomic E-state index is 12.3. The molecule has 0 atom stereocenters. The Bertz CT molecular complexity index is 817. The van der Waals surface area contributed by atoms with Crippen LogP contribution in [-0.4, -0.2) is 5.91 Å². The summed E-state index contributed by atoms with van der Waals surface area (Å²) in [5, 5.41) is 2.92. The number of hydrogen-bond donors (Lipinski definition) is 1. The fraction of sp³-hybridized carbons (Fsp3) is 0.0952. The molecule has 0 bridgehead atoms. The van der Waals surface area contributed by atoms with Crippen LogP contribution in [0.5, 0.6) is 0 Å².